The quantitative estimate of drug-likeness (QED) is 0.732. The molecule has 2 N–H and O–H groups in total. The number of carbonyl (C=O) groups is 1. The molecule has 1 heterocycles. The molecule has 1 fully saturated rings. The number of hydrogen-bond acceptors (Lipinski definition) is 3. The second-order valence-electron chi connectivity index (χ2n) is 4.45. The first-order valence-corrected chi connectivity index (χ1v) is 6.30. The highest BCUT2D eigenvalue weighted by Crippen LogP contribution is 2.07. The molecule has 0 aromatic heterocycles. The minimum Gasteiger partial charge on any atom is -0.383 e. The lowest BCUT2D eigenvalue weighted by Crippen LogP contribution is -2.46. The van der Waals surface area contributed by atoms with E-state index in [0.29, 0.717) is 6.61 Å². The SMILES string of the molecule is CCCCC(COC)NC(=O)C1CCCN1.Cl. The van der Waals surface area contributed by atoms with Gasteiger partial charge in [-0.2, -0.15) is 0 Å². The predicted molar refractivity (Wildman–Crippen MR) is 71.6 cm³/mol. The van der Waals surface area contributed by atoms with E-state index in [1.807, 2.05) is 0 Å². The molecule has 4 nitrogen and oxygen atoms in total. The van der Waals surface area contributed by atoms with Crippen molar-refractivity contribution in [3.8, 4) is 0 Å². The molecule has 0 aromatic rings. The molecule has 0 spiro atoms. The molecule has 1 rings (SSSR count). The van der Waals surface area contributed by atoms with Crippen LogP contribution in [0.5, 0.6) is 0 Å². The van der Waals surface area contributed by atoms with Crippen molar-refractivity contribution in [3.63, 3.8) is 0 Å². The van der Waals surface area contributed by atoms with Gasteiger partial charge in [0, 0.05) is 7.11 Å². The van der Waals surface area contributed by atoms with Gasteiger partial charge in [0.2, 0.25) is 5.91 Å². The maximum Gasteiger partial charge on any atom is 0.237 e. The lowest BCUT2D eigenvalue weighted by atomic mass is 10.1. The Hall–Kier alpha value is -0.320. The van der Waals surface area contributed by atoms with Gasteiger partial charge >= 0.3 is 0 Å². The average Bonchev–Trinajstić information content (AvgIpc) is 2.79. The molecule has 1 aliphatic heterocycles. The number of unbranched alkanes of at least 4 members (excludes halogenated alkanes) is 1. The van der Waals surface area contributed by atoms with Gasteiger partial charge in [-0.3, -0.25) is 4.79 Å². The normalized spacial score (nSPS) is 20.7. The summed E-state index contributed by atoms with van der Waals surface area (Å²) in [6.07, 6.45) is 5.34. The molecular formula is C12H25ClN2O2. The lowest BCUT2D eigenvalue weighted by Gasteiger charge is -2.20. The Bertz CT molecular complexity index is 209. The average molecular weight is 265 g/mol. The first-order valence-electron chi connectivity index (χ1n) is 6.30. The zero-order valence-electron chi connectivity index (χ0n) is 10.8. The number of carbonyl (C=O) groups excluding carboxylic acids is 1. The summed E-state index contributed by atoms with van der Waals surface area (Å²) in [7, 11) is 1.68. The van der Waals surface area contributed by atoms with Crippen molar-refractivity contribution in [1.82, 2.24) is 10.6 Å². The number of halogens is 1. The third kappa shape index (κ3) is 6.24. The fraction of sp³-hybridized carbons (Fsp3) is 0.917. The molecule has 0 aromatic carbocycles. The van der Waals surface area contributed by atoms with Crippen molar-refractivity contribution >= 4 is 18.3 Å². The van der Waals surface area contributed by atoms with Crippen LogP contribution in [-0.2, 0) is 9.53 Å². The van der Waals surface area contributed by atoms with E-state index >= 15 is 0 Å². The monoisotopic (exact) mass is 264 g/mol. The van der Waals surface area contributed by atoms with Crippen LogP contribution in [0, 0.1) is 0 Å². The summed E-state index contributed by atoms with van der Waals surface area (Å²) in [4.78, 5) is 11.9. The molecule has 17 heavy (non-hydrogen) atoms. The van der Waals surface area contributed by atoms with E-state index in [1.165, 1.54) is 0 Å². The van der Waals surface area contributed by atoms with Crippen LogP contribution in [0.1, 0.15) is 39.0 Å². The molecule has 0 saturated carbocycles. The zero-order valence-corrected chi connectivity index (χ0v) is 11.6. The van der Waals surface area contributed by atoms with E-state index in [4.69, 9.17) is 4.74 Å². The van der Waals surface area contributed by atoms with Crippen molar-refractivity contribution in [2.24, 2.45) is 0 Å². The minimum absolute atomic E-state index is 0. The summed E-state index contributed by atoms with van der Waals surface area (Å²) in [5.74, 6) is 0.135. The third-order valence-electron chi connectivity index (χ3n) is 3.00. The first-order chi connectivity index (χ1) is 7.77. The summed E-state index contributed by atoms with van der Waals surface area (Å²) >= 11 is 0. The van der Waals surface area contributed by atoms with Crippen LogP contribution < -0.4 is 10.6 Å². The van der Waals surface area contributed by atoms with Crippen LogP contribution >= 0.6 is 12.4 Å². The summed E-state index contributed by atoms with van der Waals surface area (Å²) in [5, 5.41) is 6.28. The lowest BCUT2D eigenvalue weighted by molar-refractivity contribution is -0.123. The zero-order chi connectivity index (χ0) is 11.8. The fourth-order valence-corrected chi connectivity index (χ4v) is 2.06. The standard InChI is InChI=1S/C12H24N2O2.ClH/c1-3-4-6-10(9-16-2)14-12(15)11-7-5-8-13-11;/h10-11,13H,3-9H2,1-2H3,(H,14,15);1H. The Morgan fingerprint density at radius 1 is 1.59 bits per heavy atom. The van der Waals surface area contributed by atoms with Gasteiger partial charge in [0.1, 0.15) is 0 Å². The number of methoxy groups -OCH3 is 1. The molecule has 0 radical (unpaired) electrons. The van der Waals surface area contributed by atoms with Crippen molar-refractivity contribution < 1.29 is 9.53 Å². The minimum atomic E-state index is 0. The highest BCUT2D eigenvalue weighted by molar-refractivity contribution is 5.85. The number of hydrogen-bond donors (Lipinski definition) is 2. The van der Waals surface area contributed by atoms with Gasteiger partial charge in [-0.1, -0.05) is 19.8 Å². The van der Waals surface area contributed by atoms with Crippen molar-refractivity contribution in [1.29, 1.82) is 0 Å². The largest absolute Gasteiger partial charge is 0.383 e. The highest BCUT2D eigenvalue weighted by Gasteiger charge is 2.23. The topological polar surface area (TPSA) is 50.4 Å². The maximum atomic E-state index is 11.9. The Morgan fingerprint density at radius 3 is 2.88 bits per heavy atom. The van der Waals surface area contributed by atoms with E-state index in [2.05, 4.69) is 17.6 Å². The van der Waals surface area contributed by atoms with Gasteiger partial charge in [-0.25, -0.2) is 0 Å². The van der Waals surface area contributed by atoms with Crippen LogP contribution in [0.4, 0.5) is 0 Å². The Morgan fingerprint density at radius 2 is 2.35 bits per heavy atom. The summed E-state index contributed by atoms with van der Waals surface area (Å²) < 4.78 is 5.13. The number of amides is 1. The highest BCUT2D eigenvalue weighted by atomic mass is 35.5. The molecule has 0 bridgehead atoms. The molecule has 0 aliphatic carbocycles. The molecule has 1 amide bonds. The third-order valence-corrected chi connectivity index (χ3v) is 3.00. The van der Waals surface area contributed by atoms with Gasteiger partial charge in [-0.05, 0) is 25.8 Å². The van der Waals surface area contributed by atoms with Gasteiger partial charge in [0.05, 0.1) is 18.7 Å². The second-order valence-corrected chi connectivity index (χ2v) is 4.45. The van der Waals surface area contributed by atoms with Crippen LogP contribution in [0.2, 0.25) is 0 Å². The Labute approximate surface area is 110 Å². The second kappa shape index (κ2) is 9.68. The first kappa shape index (κ1) is 16.7. The Kier molecular flexibility index (Phi) is 9.50. The van der Waals surface area contributed by atoms with E-state index in [-0.39, 0.29) is 30.4 Å². The summed E-state index contributed by atoms with van der Waals surface area (Å²) in [5.41, 5.74) is 0. The van der Waals surface area contributed by atoms with E-state index in [1.54, 1.807) is 7.11 Å². The number of ether oxygens (including phenoxy) is 1. The van der Waals surface area contributed by atoms with Gasteiger partial charge in [0.15, 0.2) is 0 Å². The maximum absolute atomic E-state index is 11.9. The number of rotatable bonds is 7. The summed E-state index contributed by atoms with van der Waals surface area (Å²) in [6.45, 7) is 3.73. The Balaban J connectivity index is 0.00000256. The van der Waals surface area contributed by atoms with Crippen LogP contribution in [0.3, 0.4) is 0 Å². The molecule has 1 saturated heterocycles. The summed E-state index contributed by atoms with van der Waals surface area (Å²) in [6, 6.07) is 0.181. The van der Waals surface area contributed by atoms with Crippen LogP contribution in [0.25, 0.3) is 0 Å². The van der Waals surface area contributed by atoms with Gasteiger partial charge < -0.3 is 15.4 Å². The van der Waals surface area contributed by atoms with Gasteiger partial charge in [-0.15, -0.1) is 12.4 Å². The number of nitrogens with one attached hydrogen (secondary N) is 2. The van der Waals surface area contributed by atoms with Crippen molar-refractivity contribution in [2.45, 2.75) is 51.1 Å². The van der Waals surface area contributed by atoms with Crippen molar-refractivity contribution in [2.75, 3.05) is 20.3 Å². The molecule has 1 aliphatic rings. The van der Waals surface area contributed by atoms with E-state index in [9.17, 15) is 4.79 Å². The predicted octanol–water partition coefficient (Wildman–Crippen LogP) is 1.48. The molecule has 2 atom stereocenters. The molecule has 5 heteroatoms. The van der Waals surface area contributed by atoms with E-state index < -0.39 is 0 Å². The molecule has 2 unspecified atom stereocenters. The van der Waals surface area contributed by atoms with E-state index in [0.717, 1.165) is 38.6 Å². The smallest absolute Gasteiger partial charge is 0.237 e. The van der Waals surface area contributed by atoms with Crippen molar-refractivity contribution in [3.05, 3.63) is 0 Å². The fourth-order valence-electron chi connectivity index (χ4n) is 2.06. The van der Waals surface area contributed by atoms with Crippen LogP contribution in [-0.4, -0.2) is 38.3 Å². The van der Waals surface area contributed by atoms with Crippen LogP contribution in [0.15, 0.2) is 0 Å². The van der Waals surface area contributed by atoms with Gasteiger partial charge in [0.25, 0.3) is 0 Å². The molecule has 102 valence electrons. The molecular weight excluding hydrogens is 240 g/mol.